The molecule has 0 aliphatic carbocycles. The molecule has 104 valence electrons. The number of ether oxygens (including phenoxy) is 1. The highest BCUT2D eigenvalue weighted by molar-refractivity contribution is 5.83. The Morgan fingerprint density at radius 3 is 2.33 bits per heavy atom. The van der Waals surface area contributed by atoms with Crippen LogP contribution in [0.25, 0.3) is 0 Å². The van der Waals surface area contributed by atoms with E-state index in [1.165, 1.54) is 20.5 Å². The van der Waals surface area contributed by atoms with Crippen LogP contribution in [-0.2, 0) is 14.3 Å². The molecular weight excluding hydrogens is 232 g/mol. The third-order valence-corrected chi connectivity index (χ3v) is 3.25. The number of methoxy groups -OCH3 is 1. The van der Waals surface area contributed by atoms with Gasteiger partial charge in [0.2, 0.25) is 5.91 Å². The third kappa shape index (κ3) is 4.64. The summed E-state index contributed by atoms with van der Waals surface area (Å²) in [7, 11) is 1.35. The maximum atomic E-state index is 11.6. The van der Waals surface area contributed by atoms with Crippen LogP contribution in [0.15, 0.2) is 0 Å². The van der Waals surface area contributed by atoms with E-state index in [0.717, 1.165) is 13.1 Å². The fourth-order valence-electron chi connectivity index (χ4n) is 2.77. The fourth-order valence-corrected chi connectivity index (χ4v) is 2.77. The summed E-state index contributed by atoms with van der Waals surface area (Å²) in [6, 6.07) is -0.565. The van der Waals surface area contributed by atoms with Gasteiger partial charge in [-0.2, -0.15) is 0 Å². The molecule has 0 aromatic heterocycles. The molecule has 1 saturated heterocycles. The lowest BCUT2D eigenvalue weighted by molar-refractivity contribution is -0.145. The van der Waals surface area contributed by atoms with Gasteiger partial charge < -0.3 is 15.0 Å². The summed E-state index contributed by atoms with van der Waals surface area (Å²) in [4.78, 5) is 25.0. The minimum absolute atomic E-state index is 0.205. The van der Waals surface area contributed by atoms with E-state index < -0.39 is 6.04 Å². The SMILES string of the molecule is COC(=O)C(CN1CC(C)CC(C)C1)NC(C)=O. The summed E-state index contributed by atoms with van der Waals surface area (Å²) >= 11 is 0. The van der Waals surface area contributed by atoms with Crippen molar-refractivity contribution in [3.8, 4) is 0 Å². The van der Waals surface area contributed by atoms with Gasteiger partial charge in [0.15, 0.2) is 0 Å². The van der Waals surface area contributed by atoms with Crippen LogP contribution in [0.1, 0.15) is 27.2 Å². The van der Waals surface area contributed by atoms with Crippen LogP contribution in [0, 0.1) is 11.8 Å². The Hall–Kier alpha value is -1.10. The second-order valence-corrected chi connectivity index (χ2v) is 5.44. The Labute approximate surface area is 109 Å². The van der Waals surface area contributed by atoms with Crippen LogP contribution in [0.5, 0.6) is 0 Å². The lowest BCUT2D eigenvalue weighted by Gasteiger charge is -2.36. The average molecular weight is 256 g/mol. The van der Waals surface area contributed by atoms with Gasteiger partial charge in [0, 0.05) is 26.6 Å². The van der Waals surface area contributed by atoms with Gasteiger partial charge >= 0.3 is 5.97 Å². The zero-order valence-corrected chi connectivity index (χ0v) is 11.7. The monoisotopic (exact) mass is 256 g/mol. The summed E-state index contributed by atoms with van der Waals surface area (Å²) in [6.07, 6.45) is 1.22. The first-order valence-electron chi connectivity index (χ1n) is 6.49. The molecule has 1 rings (SSSR count). The van der Waals surface area contributed by atoms with E-state index in [1.54, 1.807) is 0 Å². The van der Waals surface area contributed by atoms with E-state index in [0.29, 0.717) is 18.4 Å². The average Bonchev–Trinajstić information content (AvgIpc) is 2.25. The molecule has 0 aromatic carbocycles. The van der Waals surface area contributed by atoms with Gasteiger partial charge in [0.05, 0.1) is 7.11 Å². The molecule has 5 nitrogen and oxygen atoms in total. The first-order valence-corrected chi connectivity index (χ1v) is 6.49. The second-order valence-electron chi connectivity index (χ2n) is 5.44. The molecule has 1 aliphatic rings. The molecule has 0 bridgehead atoms. The Kier molecular flexibility index (Phi) is 5.59. The molecule has 0 spiro atoms. The summed E-state index contributed by atoms with van der Waals surface area (Å²) in [5.74, 6) is 0.674. The second kappa shape index (κ2) is 6.73. The molecule has 3 unspecified atom stereocenters. The lowest BCUT2D eigenvalue weighted by Crippen LogP contribution is -2.51. The quantitative estimate of drug-likeness (QED) is 0.750. The Balaban J connectivity index is 2.58. The van der Waals surface area contributed by atoms with E-state index in [-0.39, 0.29) is 11.9 Å². The van der Waals surface area contributed by atoms with Crippen molar-refractivity contribution in [2.75, 3.05) is 26.7 Å². The first kappa shape index (κ1) is 15.0. The molecule has 3 atom stereocenters. The molecule has 5 heteroatoms. The normalized spacial score (nSPS) is 26.4. The topological polar surface area (TPSA) is 58.6 Å². The van der Waals surface area contributed by atoms with Crippen molar-refractivity contribution < 1.29 is 14.3 Å². The van der Waals surface area contributed by atoms with E-state index in [2.05, 4.69) is 24.1 Å². The number of amides is 1. The summed E-state index contributed by atoms with van der Waals surface area (Å²) < 4.78 is 4.73. The highest BCUT2D eigenvalue weighted by Gasteiger charge is 2.27. The number of carbonyl (C=O) groups excluding carboxylic acids is 2. The zero-order chi connectivity index (χ0) is 13.7. The Morgan fingerprint density at radius 2 is 1.89 bits per heavy atom. The van der Waals surface area contributed by atoms with Crippen molar-refractivity contribution in [1.82, 2.24) is 10.2 Å². The number of nitrogens with zero attached hydrogens (tertiary/aromatic N) is 1. The van der Waals surface area contributed by atoms with E-state index in [1.807, 2.05) is 0 Å². The maximum absolute atomic E-state index is 11.6. The number of nitrogens with one attached hydrogen (secondary N) is 1. The van der Waals surface area contributed by atoms with Crippen LogP contribution in [0.3, 0.4) is 0 Å². The van der Waals surface area contributed by atoms with Crippen LogP contribution >= 0.6 is 0 Å². The molecule has 1 amide bonds. The largest absolute Gasteiger partial charge is 0.467 e. The third-order valence-electron chi connectivity index (χ3n) is 3.25. The summed E-state index contributed by atoms with van der Waals surface area (Å²) in [5.41, 5.74) is 0. The van der Waals surface area contributed by atoms with Crippen molar-refractivity contribution in [3.63, 3.8) is 0 Å². The number of hydrogen-bond donors (Lipinski definition) is 1. The van der Waals surface area contributed by atoms with Gasteiger partial charge in [-0.05, 0) is 18.3 Å². The lowest BCUT2D eigenvalue weighted by atomic mass is 9.91. The Bertz CT molecular complexity index is 297. The molecule has 1 fully saturated rings. The molecule has 0 radical (unpaired) electrons. The minimum atomic E-state index is -0.565. The fraction of sp³-hybridized carbons (Fsp3) is 0.846. The van der Waals surface area contributed by atoms with Gasteiger partial charge in [0.1, 0.15) is 6.04 Å². The number of piperidine rings is 1. The highest BCUT2D eigenvalue weighted by Crippen LogP contribution is 2.20. The van der Waals surface area contributed by atoms with Crippen LogP contribution in [0.2, 0.25) is 0 Å². The van der Waals surface area contributed by atoms with Crippen molar-refractivity contribution >= 4 is 11.9 Å². The van der Waals surface area contributed by atoms with Crippen molar-refractivity contribution in [3.05, 3.63) is 0 Å². The van der Waals surface area contributed by atoms with Gasteiger partial charge in [0.25, 0.3) is 0 Å². The Morgan fingerprint density at radius 1 is 1.33 bits per heavy atom. The van der Waals surface area contributed by atoms with Crippen LogP contribution in [0.4, 0.5) is 0 Å². The van der Waals surface area contributed by atoms with Crippen LogP contribution in [-0.4, -0.2) is 49.6 Å². The number of rotatable bonds is 4. The minimum Gasteiger partial charge on any atom is -0.467 e. The van der Waals surface area contributed by atoms with E-state index in [4.69, 9.17) is 4.74 Å². The predicted molar refractivity (Wildman–Crippen MR) is 69.0 cm³/mol. The molecule has 1 heterocycles. The standard InChI is InChI=1S/C13H24N2O3/c1-9-5-10(2)7-15(6-9)8-12(13(17)18-4)14-11(3)16/h9-10,12H,5-8H2,1-4H3,(H,14,16). The van der Waals surface area contributed by atoms with Crippen molar-refractivity contribution in [2.45, 2.75) is 33.2 Å². The van der Waals surface area contributed by atoms with Gasteiger partial charge in [-0.1, -0.05) is 13.8 Å². The number of hydrogen-bond acceptors (Lipinski definition) is 4. The van der Waals surface area contributed by atoms with Gasteiger partial charge in [-0.15, -0.1) is 0 Å². The van der Waals surface area contributed by atoms with Crippen LogP contribution < -0.4 is 5.32 Å². The molecule has 0 aromatic rings. The molecule has 18 heavy (non-hydrogen) atoms. The number of carbonyl (C=O) groups is 2. The first-order chi connectivity index (χ1) is 8.42. The maximum Gasteiger partial charge on any atom is 0.329 e. The summed E-state index contributed by atoms with van der Waals surface area (Å²) in [6.45, 7) is 8.32. The molecule has 0 saturated carbocycles. The number of esters is 1. The molecule has 1 N–H and O–H groups in total. The van der Waals surface area contributed by atoms with Crippen molar-refractivity contribution in [1.29, 1.82) is 0 Å². The molecule has 1 aliphatic heterocycles. The smallest absolute Gasteiger partial charge is 0.329 e. The zero-order valence-electron chi connectivity index (χ0n) is 11.7. The van der Waals surface area contributed by atoms with Gasteiger partial charge in [-0.3, -0.25) is 4.79 Å². The van der Waals surface area contributed by atoms with E-state index >= 15 is 0 Å². The van der Waals surface area contributed by atoms with Gasteiger partial charge in [-0.25, -0.2) is 4.79 Å². The predicted octanol–water partition coefficient (Wildman–Crippen LogP) is 0.642. The summed E-state index contributed by atoms with van der Waals surface area (Å²) in [5, 5.41) is 2.65. The molecular formula is C13H24N2O3. The van der Waals surface area contributed by atoms with Crippen molar-refractivity contribution in [2.24, 2.45) is 11.8 Å². The highest BCUT2D eigenvalue weighted by atomic mass is 16.5. The van der Waals surface area contributed by atoms with E-state index in [9.17, 15) is 9.59 Å². The number of likely N-dealkylation sites (tertiary alicyclic amines) is 1.